The second kappa shape index (κ2) is 6.39. The van der Waals surface area contributed by atoms with Crippen molar-refractivity contribution in [2.45, 2.75) is 39.4 Å². The van der Waals surface area contributed by atoms with E-state index in [2.05, 4.69) is 5.43 Å². The van der Waals surface area contributed by atoms with E-state index in [4.69, 9.17) is 4.74 Å². The first-order valence-electron chi connectivity index (χ1n) is 7.50. The zero-order valence-electron chi connectivity index (χ0n) is 13.4. The Morgan fingerprint density at radius 1 is 1.35 bits per heavy atom. The number of amides is 1. The molecule has 1 N–H and O–H groups in total. The predicted octanol–water partition coefficient (Wildman–Crippen LogP) is 2.93. The molecule has 1 aromatic rings. The summed E-state index contributed by atoms with van der Waals surface area (Å²) in [5.41, 5.74) is 1.98. The Bertz CT molecular complexity index is 573. The third kappa shape index (κ3) is 3.96. The van der Waals surface area contributed by atoms with Crippen molar-refractivity contribution < 1.29 is 22.7 Å². The molecule has 1 saturated heterocycles. The maximum Gasteiger partial charge on any atom is 0.406 e. The fourth-order valence-electron chi connectivity index (χ4n) is 2.59. The summed E-state index contributed by atoms with van der Waals surface area (Å²) < 4.78 is 46.0. The maximum absolute atomic E-state index is 13.5. The van der Waals surface area contributed by atoms with Crippen LogP contribution in [0.2, 0.25) is 0 Å². The topological polar surface area (TPSA) is 41.6 Å². The van der Waals surface area contributed by atoms with Crippen molar-refractivity contribution in [2.24, 2.45) is 5.41 Å². The molecule has 0 aliphatic carbocycles. The van der Waals surface area contributed by atoms with Crippen LogP contribution in [0, 0.1) is 5.41 Å². The van der Waals surface area contributed by atoms with Gasteiger partial charge >= 0.3 is 6.18 Å². The SMILES string of the molecule is CCOc1ccccc1C[C@H](N1CC(C)(C)C(=O)N1)C(F)(F)F. The van der Waals surface area contributed by atoms with Gasteiger partial charge in [0.25, 0.3) is 0 Å². The van der Waals surface area contributed by atoms with Crippen molar-refractivity contribution in [3.63, 3.8) is 0 Å². The van der Waals surface area contributed by atoms with E-state index >= 15 is 0 Å². The predicted molar refractivity (Wildman–Crippen MR) is 79.8 cm³/mol. The van der Waals surface area contributed by atoms with Gasteiger partial charge in [0.05, 0.1) is 12.0 Å². The first-order valence-corrected chi connectivity index (χ1v) is 7.50. The van der Waals surface area contributed by atoms with Crippen LogP contribution in [0.15, 0.2) is 24.3 Å². The summed E-state index contributed by atoms with van der Waals surface area (Å²) >= 11 is 0. The van der Waals surface area contributed by atoms with Gasteiger partial charge in [-0.15, -0.1) is 0 Å². The highest BCUT2D eigenvalue weighted by Crippen LogP contribution is 2.34. The van der Waals surface area contributed by atoms with Crippen molar-refractivity contribution in [1.82, 2.24) is 10.4 Å². The van der Waals surface area contributed by atoms with Crippen LogP contribution >= 0.6 is 0 Å². The van der Waals surface area contributed by atoms with Gasteiger partial charge in [0.1, 0.15) is 11.8 Å². The van der Waals surface area contributed by atoms with Gasteiger partial charge in [-0.1, -0.05) is 18.2 Å². The fraction of sp³-hybridized carbons (Fsp3) is 0.562. The normalized spacial score (nSPS) is 19.5. The Morgan fingerprint density at radius 2 is 2.00 bits per heavy atom. The lowest BCUT2D eigenvalue weighted by Crippen LogP contribution is -2.51. The number of ether oxygens (including phenoxy) is 1. The van der Waals surface area contributed by atoms with Crippen LogP contribution in [-0.2, 0) is 11.2 Å². The quantitative estimate of drug-likeness (QED) is 0.902. The van der Waals surface area contributed by atoms with Gasteiger partial charge in [-0.25, -0.2) is 5.01 Å². The van der Waals surface area contributed by atoms with Crippen LogP contribution in [0.25, 0.3) is 0 Å². The average Bonchev–Trinajstić information content (AvgIpc) is 2.70. The van der Waals surface area contributed by atoms with Crippen molar-refractivity contribution in [3.8, 4) is 5.75 Å². The number of carbonyl (C=O) groups excluding carboxylic acids is 1. The monoisotopic (exact) mass is 330 g/mol. The summed E-state index contributed by atoms with van der Waals surface area (Å²) in [6.45, 7) is 5.42. The molecule has 1 aliphatic heterocycles. The Labute approximate surface area is 133 Å². The molecule has 0 spiro atoms. The van der Waals surface area contributed by atoms with Crippen molar-refractivity contribution in [2.75, 3.05) is 13.2 Å². The van der Waals surface area contributed by atoms with Gasteiger partial charge in [0.15, 0.2) is 0 Å². The van der Waals surface area contributed by atoms with Crippen molar-refractivity contribution in [1.29, 1.82) is 0 Å². The highest BCUT2D eigenvalue weighted by molar-refractivity contribution is 5.83. The number of hydrogen-bond acceptors (Lipinski definition) is 3. The van der Waals surface area contributed by atoms with Crippen LogP contribution < -0.4 is 10.2 Å². The molecule has 128 valence electrons. The Morgan fingerprint density at radius 3 is 2.52 bits per heavy atom. The molecule has 0 bridgehead atoms. The van der Waals surface area contributed by atoms with Crippen molar-refractivity contribution in [3.05, 3.63) is 29.8 Å². The second-order valence-corrected chi connectivity index (χ2v) is 6.25. The van der Waals surface area contributed by atoms with E-state index in [9.17, 15) is 18.0 Å². The van der Waals surface area contributed by atoms with Gasteiger partial charge in [0, 0.05) is 13.0 Å². The minimum atomic E-state index is -4.47. The molecule has 1 fully saturated rings. The van der Waals surface area contributed by atoms with Crippen LogP contribution in [0.1, 0.15) is 26.3 Å². The molecule has 1 atom stereocenters. The lowest BCUT2D eigenvalue weighted by atomic mass is 9.93. The molecule has 1 aromatic carbocycles. The Balaban J connectivity index is 2.26. The molecule has 7 heteroatoms. The van der Waals surface area contributed by atoms with Crippen molar-refractivity contribution >= 4 is 5.91 Å². The summed E-state index contributed by atoms with van der Waals surface area (Å²) in [5.74, 6) is 0.0406. The van der Waals surface area contributed by atoms with Gasteiger partial charge in [-0.05, 0) is 32.4 Å². The molecular weight excluding hydrogens is 309 g/mol. The fourth-order valence-corrected chi connectivity index (χ4v) is 2.59. The molecule has 2 rings (SSSR count). The third-order valence-electron chi connectivity index (χ3n) is 3.87. The number of para-hydroxylation sites is 1. The molecule has 23 heavy (non-hydrogen) atoms. The second-order valence-electron chi connectivity index (χ2n) is 6.25. The maximum atomic E-state index is 13.5. The van der Waals surface area contributed by atoms with Crippen LogP contribution in [0.3, 0.4) is 0 Å². The number of carbonyl (C=O) groups is 1. The lowest BCUT2D eigenvalue weighted by Gasteiger charge is -2.30. The molecule has 0 aromatic heterocycles. The number of halogens is 3. The molecule has 0 unspecified atom stereocenters. The molecule has 4 nitrogen and oxygen atoms in total. The molecule has 0 radical (unpaired) electrons. The van der Waals surface area contributed by atoms with Gasteiger partial charge in [-0.2, -0.15) is 13.2 Å². The van der Waals surface area contributed by atoms with E-state index in [-0.39, 0.29) is 13.0 Å². The minimum absolute atomic E-state index is 0.00676. The summed E-state index contributed by atoms with van der Waals surface area (Å²) in [4.78, 5) is 11.8. The molecular formula is C16H21F3N2O2. The van der Waals surface area contributed by atoms with Gasteiger partial charge < -0.3 is 4.74 Å². The third-order valence-corrected chi connectivity index (χ3v) is 3.87. The first kappa shape index (κ1) is 17.6. The standard InChI is InChI=1S/C16H21F3N2O2/c1-4-23-12-8-6-5-7-11(12)9-13(16(17,18)19)21-10-15(2,3)14(22)20-21/h5-8,13H,4,9-10H2,1-3H3,(H,20,22)/t13-/m0/s1. The largest absolute Gasteiger partial charge is 0.494 e. The summed E-state index contributed by atoms with van der Waals surface area (Å²) in [6, 6.07) is 4.87. The Hall–Kier alpha value is -1.76. The van der Waals surface area contributed by atoms with E-state index in [1.807, 2.05) is 0 Å². The van der Waals surface area contributed by atoms with Gasteiger partial charge in [0.2, 0.25) is 5.91 Å². The number of nitrogens with one attached hydrogen (secondary N) is 1. The molecule has 1 aliphatic rings. The van der Waals surface area contributed by atoms with Crippen LogP contribution in [0.5, 0.6) is 5.75 Å². The van der Waals surface area contributed by atoms with Gasteiger partial charge in [-0.3, -0.25) is 10.2 Å². The summed E-state index contributed by atoms with van der Waals surface area (Å²) in [6.07, 6.45) is -4.75. The number of rotatable bonds is 5. The molecule has 1 heterocycles. The zero-order valence-corrected chi connectivity index (χ0v) is 13.4. The minimum Gasteiger partial charge on any atom is -0.494 e. The number of nitrogens with zero attached hydrogens (tertiary/aromatic N) is 1. The number of hydrazine groups is 1. The van der Waals surface area contributed by atoms with Crippen LogP contribution in [-0.4, -0.2) is 36.3 Å². The van der Waals surface area contributed by atoms with E-state index in [0.717, 1.165) is 5.01 Å². The average molecular weight is 330 g/mol. The summed E-state index contributed by atoms with van der Waals surface area (Å²) in [7, 11) is 0. The number of alkyl halides is 3. The van der Waals surface area contributed by atoms with E-state index in [1.54, 1.807) is 45.0 Å². The lowest BCUT2D eigenvalue weighted by molar-refractivity contribution is -0.188. The Kier molecular flexibility index (Phi) is 4.89. The number of benzene rings is 1. The van der Waals surface area contributed by atoms with E-state index in [1.165, 1.54) is 0 Å². The van der Waals surface area contributed by atoms with Crippen LogP contribution in [0.4, 0.5) is 13.2 Å². The smallest absolute Gasteiger partial charge is 0.406 e. The molecule has 0 saturated carbocycles. The highest BCUT2D eigenvalue weighted by Gasteiger charge is 2.50. The first-order chi connectivity index (χ1) is 10.6. The van der Waals surface area contributed by atoms with E-state index < -0.39 is 23.5 Å². The van der Waals surface area contributed by atoms with E-state index in [0.29, 0.717) is 17.9 Å². The number of hydrogen-bond donors (Lipinski definition) is 1. The molecule has 1 amide bonds. The highest BCUT2D eigenvalue weighted by atomic mass is 19.4. The zero-order chi connectivity index (χ0) is 17.3. The summed E-state index contributed by atoms with van der Waals surface area (Å²) in [5, 5.41) is 0.991.